The average Bonchev–Trinajstić information content (AvgIpc) is 3.21. The van der Waals surface area contributed by atoms with Gasteiger partial charge in [0.2, 0.25) is 0 Å². The van der Waals surface area contributed by atoms with E-state index in [0.717, 1.165) is 12.1 Å². The molecule has 4 rings (SSSR count). The Labute approximate surface area is 203 Å². The molecule has 0 saturated heterocycles. The van der Waals surface area contributed by atoms with Crippen molar-refractivity contribution in [3.8, 4) is 11.4 Å². The van der Waals surface area contributed by atoms with Crippen LogP contribution in [0.5, 0.6) is 0 Å². The maximum Gasteiger partial charge on any atom is 0.416 e. The molecule has 10 heteroatoms. The number of hydrogen-bond donors (Lipinski definition) is 0. The van der Waals surface area contributed by atoms with Crippen molar-refractivity contribution in [1.29, 1.82) is 0 Å². The van der Waals surface area contributed by atoms with E-state index in [2.05, 4.69) is 15.3 Å². The molecule has 5 nitrogen and oxygen atoms in total. The molecule has 35 heavy (non-hydrogen) atoms. The first-order valence-electron chi connectivity index (χ1n) is 10.6. The summed E-state index contributed by atoms with van der Waals surface area (Å²) in [6.07, 6.45) is -3.18. The van der Waals surface area contributed by atoms with Gasteiger partial charge in [-0.2, -0.15) is 13.2 Å². The first kappa shape index (κ1) is 24.5. The first-order chi connectivity index (χ1) is 16.6. The SMILES string of the molecule is CC(C)c1c(-c2ncccc2C(=O)c2ccccc2Cl)nnn1Cc1cc(F)cc(C(F)(F)F)c1. The number of benzene rings is 2. The predicted octanol–water partition coefficient (Wildman–Crippen LogP) is 6.55. The van der Waals surface area contributed by atoms with Crippen LogP contribution >= 0.6 is 11.6 Å². The van der Waals surface area contributed by atoms with Gasteiger partial charge in [-0.15, -0.1) is 5.10 Å². The molecule has 0 amide bonds. The Bertz CT molecular complexity index is 1400. The van der Waals surface area contributed by atoms with Crippen LogP contribution in [0.2, 0.25) is 5.02 Å². The summed E-state index contributed by atoms with van der Waals surface area (Å²) in [7, 11) is 0. The number of pyridine rings is 1. The van der Waals surface area contributed by atoms with Crippen LogP contribution in [0, 0.1) is 5.82 Å². The van der Waals surface area contributed by atoms with E-state index in [-0.39, 0.29) is 40.1 Å². The molecule has 0 aliphatic carbocycles. The van der Waals surface area contributed by atoms with Crippen LogP contribution < -0.4 is 0 Å². The zero-order valence-electron chi connectivity index (χ0n) is 18.6. The quantitative estimate of drug-likeness (QED) is 0.221. The molecule has 0 saturated carbocycles. The van der Waals surface area contributed by atoms with E-state index in [0.29, 0.717) is 23.0 Å². The second-order valence-corrected chi connectivity index (χ2v) is 8.60. The lowest BCUT2D eigenvalue weighted by Crippen LogP contribution is -2.12. The Kier molecular flexibility index (Phi) is 6.71. The van der Waals surface area contributed by atoms with Gasteiger partial charge in [0.05, 0.1) is 28.4 Å². The minimum atomic E-state index is -4.69. The van der Waals surface area contributed by atoms with Gasteiger partial charge in [-0.25, -0.2) is 9.07 Å². The lowest BCUT2D eigenvalue weighted by Gasteiger charge is -2.14. The molecule has 0 unspecified atom stereocenters. The third-order valence-electron chi connectivity index (χ3n) is 5.33. The topological polar surface area (TPSA) is 60.7 Å². The minimum Gasteiger partial charge on any atom is -0.288 e. The van der Waals surface area contributed by atoms with E-state index in [4.69, 9.17) is 11.6 Å². The number of alkyl halides is 3. The van der Waals surface area contributed by atoms with Crippen molar-refractivity contribution in [3.05, 3.63) is 99.6 Å². The largest absolute Gasteiger partial charge is 0.416 e. The van der Waals surface area contributed by atoms with Crippen LogP contribution in [0.1, 0.15) is 52.5 Å². The van der Waals surface area contributed by atoms with Crippen LogP contribution in [-0.4, -0.2) is 25.8 Å². The monoisotopic (exact) mass is 502 g/mol. The average molecular weight is 503 g/mol. The zero-order valence-corrected chi connectivity index (χ0v) is 19.4. The summed E-state index contributed by atoms with van der Waals surface area (Å²) in [6, 6.07) is 12.2. The summed E-state index contributed by atoms with van der Waals surface area (Å²) in [5.41, 5.74) is 0.641. The molecular formula is C25H19ClF4N4O. The lowest BCUT2D eigenvalue weighted by molar-refractivity contribution is -0.137. The highest BCUT2D eigenvalue weighted by Crippen LogP contribution is 2.33. The number of hydrogen-bond acceptors (Lipinski definition) is 4. The van der Waals surface area contributed by atoms with Crippen molar-refractivity contribution >= 4 is 17.4 Å². The fourth-order valence-corrected chi connectivity index (χ4v) is 4.04. The molecule has 0 aliphatic rings. The van der Waals surface area contributed by atoms with Crippen molar-refractivity contribution in [2.45, 2.75) is 32.5 Å². The fraction of sp³-hybridized carbons (Fsp3) is 0.200. The number of carbonyl (C=O) groups excluding carboxylic acids is 1. The van der Waals surface area contributed by atoms with E-state index in [1.54, 1.807) is 36.4 Å². The summed E-state index contributed by atoms with van der Waals surface area (Å²) < 4.78 is 54.8. The molecule has 4 aromatic rings. The maximum absolute atomic E-state index is 13.9. The molecule has 0 radical (unpaired) electrons. The van der Waals surface area contributed by atoms with Gasteiger partial charge >= 0.3 is 6.18 Å². The van der Waals surface area contributed by atoms with E-state index < -0.39 is 17.6 Å². The molecule has 2 heterocycles. The predicted molar refractivity (Wildman–Crippen MR) is 123 cm³/mol. The summed E-state index contributed by atoms with van der Waals surface area (Å²) >= 11 is 6.22. The number of aromatic nitrogens is 4. The van der Waals surface area contributed by atoms with E-state index >= 15 is 0 Å². The van der Waals surface area contributed by atoms with Crippen LogP contribution in [0.15, 0.2) is 60.8 Å². The van der Waals surface area contributed by atoms with Crippen molar-refractivity contribution in [2.24, 2.45) is 0 Å². The van der Waals surface area contributed by atoms with E-state index in [1.165, 1.54) is 10.9 Å². The van der Waals surface area contributed by atoms with Gasteiger partial charge in [0, 0.05) is 11.8 Å². The molecule has 0 aliphatic heterocycles. The van der Waals surface area contributed by atoms with E-state index in [1.807, 2.05) is 13.8 Å². The Balaban J connectivity index is 1.79. The third kappa shape index (κ3) is 5.09. The Morgan fingerprint density at radius 3 is 2.43 bits per heavy atom. The van der Waals surface area contributed by atoms with Gasteiger partial charge in [-0.1, -0.05) is 42.8 Å². The third-order valence-corrected chi connectivity index (χ3v) is 5.66. The molecule has 0 spiro atoms. The van der Waals surface area contributed by atoms with Crippen LogP contribution in [0.4, 0.5) is 17.6 Å². The van der Waals surface area contributed by atoms with Gasteiger partial charge in [-0.3, -0.25) is 9.78 Å². The molecular weight excluding hydrogens is 484 g/mol. The Morgan fingerprint density at radius 1 is 1.03 bits per heavy atom. The summed E-state index contributed by atoms with van der Waals surface area (Å²) in [5, 5.41) is 8.60. The Morgan fingerprint density at radius 2 is 1.74 bits per heavy atom. The molecule has 2 aromatic carbocycles. The van der Waals surface area contributed by atoms with Crippen molar-refractivity contribution < 1.29 is 22.4 Å². The van der Waals surface area contributed by atoms with Gasteiger partial charge in [0.1, 0.15) is 17.2 Å². The van der Waals surface area contributed by atoms with Gasteiger partial charge in [0.15, 0.2) is 5.78 Å². The highest BCUT2D eigenvalue weighted by Gasteiger charge is 2.32. The molecule has 180 valence electrons. The molecule has 2 aromatic heterocycles. The highest BCUT2D eigenvalue weighted by atomic mass is 35.5. The molecule has 0 fully saturated rings. The molecule has 0 bridgehead atoms. The normalized spacial score (nSPS) is 11.8. The molecule has 0 N–H and O–H groups in total. The zero-order chi connectivity index (χ0) is 25.3. The Hall–Kier alpha value is -3.59. The molecule has 0 atom stereocenters. The van der Waals surface area contributed by atoms with Crippen molar-refractivity contribution in [3.63, 3.8) is 0 Å². The van der Waals surface area contributed by atoms with Crippen LogP contribution in [0.3, 0.4) is 0 Å². The number of halogens is 5. The standard InChI is InChI=1S/C25H19ClF4N4O/c1-14(2)23-22(21-19(7-5-9-31-21)24(35)18-6-3-4-8-20(18)26)32-33-34(23)13-15-10-16(25(28,29)30)12-17(27)11-15/h3-12,14H,13H2,1-2H3. The number of ketones is 1. The maximum atomic E-state index is 13.9. The first-order valence-corrected chi connectivity index (χ1v) is 11.0. The minimum absolute atomic E-state index is 0.0732. The fourth-order valence-electron chi connectivity index (χ4n) is 3.82. The lowest BCUT2D eigenvalue weighted by atomic mass is 9.97. The van der Waals surface area contributed by atoms with Crippen molar-refractivity contribution in [1.82, 2.24) is 20.0 Å². The highest BCUT2D eigenvalue weighted by molar-refractivity contribution is 6.35. The number of rotatable bonds is 6. The summed E-state index contributed by atoms with van der Waals surface area (Å²) in [5.74, 6) is -1.55. The van der Waals surface area contributed by atoms with Crippen molar-refractivity contribution in [2.75, 3.05) is 0 Å². The second kappa shape index (κ2) is 9.58. The van der Waals surface area contributed by atoms with Gasteiger partial charge < -0.3 is 0 Å². The number of nitrogens with zero attached hydrogens (tertiary/aromatic N) is 4. The summed E-state index contributed by atoms with van der Waals surface area (Å²) in [6.45, 7) is 3.55. The summed E-state index contributed by atoms with van der Waals surface area (Å²) in [4.78, 5) is 17.6. The van der Waals surface area contributed by atoms with Gasteiger partial charge in [-0.05, 0) is 53.9 Å². The smallest absolute Gasteiger partial charge is 0.288 e. The van der Waals surface area contributed by atoms with Crippen LogP contribution in [-0.2, 0) is 12.7 Å². The number of carbonyl (C=O) groups is 1. The van der Waals surface area contributed by atoms with E-state index in [9.17, 15) is 22.4 Å². The second-order valence-electron chi connectivity index (χ2n) is 8.19. The van der Waals surface area contributed by atoms with Crippen LogP contribution in [0.25, 0.3) is 11.4 Å². The van der Waals surface area contributed by atoms with Gasteiger partial charge in [0.25, 0.3) is 0 Å².